The van der Waals surface area contributed by atoms with E-state index in [2.05, 4.69) is 0 Å². The normalized spacial score (nSPS) is 18.7. The van der Waals surface area contributed by atoms with Crippen molar-refractivity contribution < 1.29 is 18.7 Å². The van der Waals surface area contributed by atoms with Gasteiger partial charge in [-0.05, 0) is 65.9 Å². The fourth-order valence-electron chi connectivity index (χ4n) is 4.52. The molecular weight excluding hydrogens is 419 g/mol. The van der Waals surface area contributed by atoms with Crippen molar-refractivity contribution in [1.29, 1.82) is 0 Å². The fraction of sp³-hybridized carbons (Fsp3) is 0.296. The monoisotopic (exact) mass is 448 g/mol. The standard InChI is InChI=1S/C27H29FN2O3/c1-32-23-13-7-20(8-14-23)26-24(15-16-25(33-2)19-5-9-21(28)10-6-19)27(31)30(26)22-11-3-18(17-29)4-12-22/h3-14,24-26H,15-17,29H2,1-2H3/t24-,25+,26-/m1/s1. The van der Waals surface area contributed by atoms with Gasteiger partial charge in [-0.1, -0.05) is 36.4 Å². The largest absolute Gasteiger partial charge is 0.497 e. The lowest BCUT2D eigenvalue weighted by Gasteiger charge is -2.48. The Balaban J connectivity index is 1.57. The number of anilines is 1. The number of hydrogen-bond acceptors (Lipinski definition) is 4. The maximum Gasteiger partial charge on any atom is 0.233 e. The van der Waals surface area contributed by atoms with Crippen LogP contribution in [-0.4, -0.2) is 20.1 Å². The molecule has 4 rings (SSSR count). The third-order valence-electron chi connectivity index (χ3n) is 6.39. The number of ether oxygens (including phenoxy) is 2. The molecule has 2 N–H and O–H groups in total. The molecule has 3 aromatic rings. The first kappa shape index (κ1) is 23.0. The molecule has 0 unspecified atom stereocenters. The Hall–Kier alpha value is -3.22. The van der Waals surface area contributed by atoms with Gasteiger partial charge in [0.15, 0.2) is 0 Å². The number of halogens is 1. The summed E-state index contributed by atoms with van der Waals surface area (Å²) in [6.45, 7) is 0.459. The lowest BCUT2D eigenvalue weighted by atomic mass is 9.78. The Kier molecular flexibility index (Phi) is 7.06. The van der Waals surface area contributed by atoms with Gasteiger partial charge in [0.1, 0.15) is 11.6 Å². The van der Waals surface area contributed by atoms with E-state index < -0.39 is 0 Å². The van der Waals surface area contributed by atoms with Crippen LogP contribution in [0.2, 0.25) is 0 Å². The molecule has 1 aliphatic heterocycles. The maximum atomic E-state index is 13.3. The van der Waals surface area contributed by atoms with Gasteiger partial charge in [-0.15, -0.1) is 0 Å². The van der Waals surface area contributed by atoms with Crippen LogP contribution in [0.25, 0.3) is 0 Å². The summed E-state index contributed by atoms with van der Waals surface area (Å²) in [4.78, 5) is 15.1. The Morgan fingerprint density at radius 2 is 1.64 bits per heavy atom. The number of methoxy groups -OCH3 is 2. The number of amides is 1. The van der Waals surface area contributed by atoms with E-state index in [-0.39, 0.29) is 29.8 Å². The van der Waals surface area contributed by atoms with Gasteiger partial charge in [-0.25, -0.2) is 4.39 Å². The third kappa shape index (κ3) is 4.77. The van der Waals surface area contributed by atoms with Gasteiger partial charge < -0.3 is 20.1 Å². The Morgan fingerprint density at radius 1 is 0.970 bits per heavy atom. The summed E-state index contributed by atoms with van der Waals surface area (Å²) in [7, 11) is 3.28. The number of rotatable bonds is 9. The minimum atomic E-state index is -0.279. The molecule has 0 saturated carbocycles. The van der Waals surface area contributed by atoms with Crippen molar-refractivity contribution in [2.24, 2.45) is 11.7 Å². The zero-order chi connectivity index (χ0) is 23.4. The SMILES string of the molecule is COc1ccc([C@@H]2[C@@H](CC[C@H](OC)c3ccc(F)cc3)C(=O)N2c2ccc(CN)cc2)cc1. The molecule has 0 spiro atoms. The molecule has 33 heavy (non-hydrogen) atoms. The zero-order valence-corrected chi connectivity index (χ0v) is 18.9. The van der Waals surface area contributed by atoms with Gasteiger partial charge in [0.25, 0.3) is 0 Å². The quantitative estimate of drug-likeness (QED) is 0.459. The predicted octanol–water partition coefficient (Wildman–Crippen LogP) is 5.17. The van der Waals surface area contributed by atoms with E-state index in [0.717, 1.165) is 28.1 Å². The van der Waals surface area contributed by atoms with Crippen LogP contribution in [0.5, 0.6) is 5.75 Å². The first-order valence-corrected chi connectivity index (χ1v) is 11.1. The molecule has 1 amide bonds. The van der Waals surface area contributed by atoms with Crippen LogP contribution in [0, 0.1) is 11.7 Å². The summed E-state index contributed by atoms with van der Waals surface area (Å²) >= 11 is 0. The number of carbonyl (C=O) groups excluding carboxylic acids is 1. The number of hydrogen-bond donors (Lipinski definition) is 1. The molecule has 6 heteroatoms. The molecule has 0 radical (unpaired) electrons. The van der Waals surface area contributed by atoms with Crippen molar-refractivity contribution in [3.8, 4) is 5.75 Å². The summed E-state index contributed by atoms with van der Waals surface area (Å²) < 4.78 is 24.3. The van der Waals surface area contributed by atoms with Crippen molar-refractivity contribution in [2.45, 2.75) is 31.5 Å². The number of carbonyl (C=O) groups is 1. The molecule has 1 saturated heterocycles. The second-order valence-electron chi connectivity index (χ2n) is 8.26. The van der Waals surface area contributed by atoms with Gasteiger partial charge in [0, 0.05) is 19.3 Å². The minimum Gasteiger partial charge on any atom is -0.497 e. The van der Waals surface area contributed by atoms with Gasteiger partial charge in [-0.3, -0.25) is 4.79 Å². The molecule has 1 heterocycles. The summed E-state index contributed by atoms with van der Waals surface area (Å²) in [5.41, 5.74) is 9.57. The molecule has 1 aliphatic rings. The van der Waals surface area contributed by atoms with Gasteiger partial charge >= 0.3 is 0 Å². The predicted molar refractivity (Wildman–Crippen MR) is 126 cm³/mol. The molecule has 1 fully saturated rings. The van der Waals surface area contributed by atoms with E-state index in [1.54, 1.807) is 26.4 Å². The average molecular weight is 449 g/mol. The van der Waals surface area contributed by atoms with Crippen molar-refractivity contribution in [2.75, 3.05) is 19.1 Å². The molecule has 0 aliphatic carbocycles. The number of benzene rings is 3. The number of nitrogens with two attached hydrogens (primary N) is 1. The highest BCUT2D eigenvalue weighted by Crippen LogP contribution is 2.46. The van der Waals surface area contributed by atoms with Crippen LogP contribution < -0.4 is 15.4 Å². The van der Waals surface area contributed by atoms with E-state index in [9.17, 15) is 9.18 Å². The molecule has 0 aromatic heterocycles. The van der Waals surface area contributed by atoms with Crippen molar-refractivity contribution in [3.05, 3.63) is 95.3 Å². The summed E-state index contributed by atoms with van der Waals surface area (Å²) in [5, 5.41) is 0. The minimum absolute atomic E-state index is 0.0853. The molecule has 172 valence electrons. The second kappa shape index (κ2) is 10.1. The van der Waals surface area contributed by atoms with Gasteiger partial charge in [0.2, 0.25) is 5.91 Å². The third-order valence-corrected chi connectivity index (χ3v) is 6.39. The lowest BCUT2D eigenvalue weighted by molar-refractivity contribution is -0.131. The van der Waals surface area contributed by atoms with Crippen molar-refractivity contribution in [3.63, 3.8) is 0 Å². The smallest absolute Gasteiger partial charge is 0.233 e. The molecular formula is C27H29FN2O3. The zero-order valence-electron chi connectivity index (χ0n) is 18.9. The first-order chi connectivity index (χ1) is 16.0. The van der Waals surface area contributed by atoms with Crippen LogP contribution >= 0.6 is 0 Å². The van der Waals surface area contributed by atoms with Gasteiger partial charge in [-0.2, -0.15) is 0 Å². The van der Waals surface area contributed by atoms with Crippen LogP contribution in [0.3, 0.4) is 0 Å². The van der Waals surface area contributed by atoms with Crippen LogP contribution in [0.4, 0.5) is 10.1 Å². The van der Waals surface area contributed by atoms with E-state index >= 15 is 0 Å². The number of β-lactam (4-membered cyclic amide) rings is 1. The highest BCUT2D eigenvalue weighted by molar-refractivity contribution is 6.03. The Labute approximate surface area is 193 Å². The topological polar surface area (TPSA) is 64.8 Å². The highest BCUT2D eigenvalue weighted by Gasteiger charge is 2.48. The number of nitrogens with zero attached hydrogens (tertiary/aromatic N) is 1. The summed E-state index contributed by atoms with van der Waals surface area (Å²) in [6.07, 6.45) is 1.11. The van der Waals surface area contributed by atoms with Crippen LogP contribution in [0.15, 0.2) is 72.8 Å². The fourth-order valence-corrected chi connectivity index (χ4v) is 4.52. The maximum absolute atomic E-state index is 13.3. The summed E-state index contributed by atoms with van der Waals surface area (Å²) in [5.74, 6) is 0.408. The first-order valence-electron chi connectivity index (χ1n) is 11.1. The molecule has 5 nitrogen and oxygen atoms in total. The Morgan fingerprint density at radius 3 is 2.21 bits per heavy atom. The van der Waals surface area contributed by atoms with E-state index in [1.165, 1.54) is 12.1 Å². The Bertz CT molecular complexity index is 1070. The van der Waals surface area contributed by atoms with Crippen LogP contribution in [0.1, 0.15) is 41.7 Å². The molecule has 3 aromatic carbocycles. The van der Waals surface area contributed by atoms with Crippen molar-refractivity contribution >= 4 is 11.6 Å². The second-order valence-corrected chi connectivity index (χ2v) is 8.26. The van der Waals surface area contributed by atoms with E-state index in [4.69, 9.17) is 15.2 Å². The van der Waals surface area contributed by atoms with E-state index in [1.807, 2.05) is 53.4 Å². The molecule has 0 bridgehead atoms. The van der Waals surface area contributed by atoms with Crippen molar-refractivity contribution in [1.82, 2.24) is 0 Å². The van der Waals surface area contributed by atoms with E-state index in [0.29, 0.717) is 19.4 Å². The van der Waals surface area contributed by atoms with Crippen LogP contribution in [-0.2, 0) is 16.1 Å². The lowest BCUT2D eigenvalue weighted by Crippen LogP contribution is -2.55. The average Bonchev–Trinajstić information content (AvgIpc) is 2.86. The molecule has 3 atom stereocenters. The summed E-state index contributed by atoms with van der Waals surface area (Å²) in [6, 6.07) is 21.9. The van der Waals surface area contributed by atoms with Gasteiger partial charge in [0.05, 0.1) is 25.2 Å². The highest BCUT2D eigenvalue weighted by atomic mass is 19.1.